The summed E-state index contributed by atoms with van der Waals surface area (Å²) < 4.78 is 10.7. The van der Waals surface area contributed by atoms with Gasteiger partial charge in [-0.2, -0.15) is 0 Å². The predicted octanol–water partition coefficient (Wildman–Crippen LogP) is 6.18. The van der Waals surface area contributed by atoms with Crippen LogP contribution in [0.1, 0.15) is 90.1 Å². The van der Waals surface area contributed by atoms with Crippen LogP contribution in [0.25, 0.3) is 0 Å². The smallest absolute Gasteiger partial charge is 0.413 e. The van der Waals surface area contributed by atoms with Gasteiger partial charge in [-0.25, -0.2) is 4.79 Å². The Hall–Kier alpha value is -3.92. The molecule has 43 heavy (non-hydrogen) atoms. The minimum Gasteiger partial charge on any atom is -0.460 e. The maximum Gasteiger partial charge on any atom is 0.413 e. The predicted molar refractivity (Wildman–Crippen MR) is 170 cm³/mol. The van der Waals surface area contributed by atoms with E-state index in [4.69, 9.17) is 14.9 Å². The van der Waals surface area contributed by atoms with Gasteiger partial charge in [0.15, 0.2) is 0 Å². The third-order valence-corrected chi connectivity index (χ3v) is 6.95. The highest BCUT2D eigenvalue weighted by atomic mass is 16.6. The highest BCUT2D eigenvalue weighted by Gasteiger charge is 2.29. The summed E-state index contributed by atoms with van der Waals surface area (Å²) in [5.74, 6) is -0.557. The van der Waals surface area contributed by atoms with E-state index in [1.807, 2.05) is 39.0 Å². The van der Waals surface area contributed by atoms with Crippen molar-refractivity contribution in [1.82, 2.24) is 10.2 Å². The van der Waals surface area contributed by atoms with Crippen LogP contribution in [0, 0.1) is 5.41 Å². The standard InChI is InChI=1S/C33H47N5O5/c1-22-11-10-12-25(38(22)20-19-28(39)42-32(2,3)4)21-35-27-14-9-8-13-26(27)30(40)36-24-17-15-23(16-18-24)29(34)37-31(41)43-33(5,6)7/h8-9,13-18,22,25,35H,10-12,19-21H2,1-7H3,(H,36,40)(H2,34,37,41). The number of ether oxygens (including phenoxy) is 2. The zero-order chi connectivity index (χ0) is 31.8. The van der Waals surface area contributed by atoms with E-state index in [0.29, 0.717) is 42.4 Å². The van der Waals surface area contributed by atoms with Gasteiger partial charge in [-0.3, -0.25) is 25.2 Å². The van der Waals surface area contributed by atoms with Gasteiger partial charge in [0.1, 0.15) is 17.0 Å². The van der Waals surface area contributed by atoms with Gasteiger partial charge < -0.3 is 20.1 Å². The van der Waals surface area contributed by atoms with Crippen molar-refractivity contribution < 1.29 is 23.9 Å². The number of likely N-dealkylation sites (tertiary alicyclic amines) is 1. The van der Waals surface area contributed by atoms with Gasteiger partial charge in [0.25, 0.3) is 5.91 Å². The second-order valence-corrected chi connectivity index (χ2v) is 13.0. The Bertz CT molecular complexity index is 1280. The van der Waals surface area contributed by atoms with Gasteiger partial charge in [-0.1, -0.05) is 18.6 Å². The number of para-hydroxylation sites is 1. The van der Waals surface area contributed by atoms with Crippen LogP contribution in [0.4, 0.5) is 16.2 Å². The van der Waals surface area contributed by atoms with Gasteiger partial charge in [0, 0.05) is 42.1 Å². The molecule has 2 aromatic rings. The second-order valence-electron chi connectivity index (χ2n) is 13.0. The summed E-state index contributed by atoms with van der Waals surface area (Å²) in [4.78, 5) is 40.0. The average molecular weight is 594 g/mol. The summed E-state index contributed by atoms with van der Waals surface area (Å²) in [5.41, 5.74) is 1.10. The highest BCUT2D eigenvalue weighted by Crippen LogP contribution is 2.25. The number of amidine groups is 1. The fourth-order valence-corrected chi connectivity index (χ4v) is 5.04. The Morgan fingerprint density at radius 3 is 2.23 bits per heavy atom. The summed E-state index contributed by atoms with van der Waals surface area (Å²) in [5, 5.41) is 17.0. The SMILES string of the molecule is CC1CCCC(CNc2ccccc2C(=O)Nc2ccc(C(=N)NC(=O)OC(C)(C)C)cc2)N1CCC(=O)OC(C)(C)C. The van der Waals surface area contributed by atoms with Crippen molar-refractivity contribution in [2.45, 2.75) is 97.4 Å². The number of nitrogens with zero attached hydrogens (tertiary/aromatic N) is 1. The van der Waals surface area contributed by atoms with E-state index < -0.39 is 17.3 Å². The van der Waals surface area contributed by atoms with Crippen molar-refractivity contribution in [1.29, 1.82) is 5.41 Å². The van der Waals surface area contributed by atoms with Crippen molar-refractivity contribution in [3.05, 3.63) is 59.7 Å². The normalized spacial score (nSPS) is 17.5. The Kier molecular flexibility index (Phi) is 11.3. The van der Waals surface area contributed by atoms with Crippen LogP contribution in [0.2, 0.25) is 0 Å². The lowest BCUT2D eigenvalue weighted by atomic mass is 9.96. The maximum atomic E-state index is 13.3. The van der Waals surface area contributed by atoms with Crippen LogP contribution in [0.15, 0.2) is 48.5 Å². The molecule has 1 saturated heterocycles. The Morgan fingerprint density at radius 1 is 0.930 bits per heavy atom. The van der Waals surface area contributed by atoms with E-state index in [0.717, 1.165) is 24.9 Å². The summed E-state index contributed by atoms with van der Waals surface area (Å²) >= 11 is 0. The number of rotatable bonds is 9. The molecule has 1 aliphatic rings. The number of piperidine rings is 1. The number of hydrogen-bond acceptors (Lipinski definition) is 8. The van der Waals surface area contributed by atoms with Gasteiger partial charge in [0.2, 0.25) is 0 Å². The third-order valence-electron chi connectivity index (χ3n) is 6.95. The fourth-order valence-electron chi connectivity index (χ4n) is 5.04. The second kappa shape index (κ2) is 14.5. The number of carbonyl (C=O) groups excluding carboxylic acids is 3. The molecule has 1 heterocycles. The largest absolute Gasteiger partial charge is 0.460 e. The molecule has 0 saturated carbocycles. The number of benzene rings is 2. The van der Waals surface area contributed by atoms with Crippen molar-refractivity contribution >= 4 is 35.2 Å². The minimum absolute atomic E-state index is 0.0983. The molecule has 0 radical (unpaired) electrons. The van der Waals surface area contributed by atoms with Gasteiger partial charge in [-0.15, -0.1) is 0 Å². The quantitative estimate of drug-likeness (QED) is 0.155. The molecule has 1 aliphatic heterocycles. The Balaban J connectivity index is 1.60. The summed E-state index contributed by atoms with van der Waals surface area (Å²) in [7, 11) is 0. The number of carbonyl (C=O) groups is 3. The van der Waals surface area contributed by atoms with E-state index in [2.05, 4.69) is 27.8 Å². The molecule has 2 atom stereocenters. The van der Waals surface area contributed by atoms with Crippen molar-refractivity contribution in [2.24, 2.45) is 0 Å². The summed E-state index contributed by atoms with van der Waals surface area (Å²) in [6, 6.07) is 14.6. The molecule has 0 bridgehead atoms. The molecule has 2 unspecified atom stereocenters. The molecule has 2 amide bonds. The van der Waals surface area contributed by atoms with E-state index in [1.54, 1.807) is 51.1 Å². The van der Waals surface area contributed by atoms with E-state index in [9.17, 15) is 14.4 Å². The van der Waals surface area contributed by atoms with Crippen LogP contribution in [0.3, 0.4) is 0 Å². The fraction of sp³-hybridized carbons (Fsp3) is 0.515. The third kappa shape index (κ3) is 11.0. The molecule has 10 nitrogen and oxygen atoms in total. The van der Waals surface area contributed by atoms with Gasteiger partial charge in [0.05, 0.1) is 12.0 Å². The van der Waals surface area contributed by atoms with Crippen LogP contribution in [-0.2, 0) is 14.3 Å². The molecule has 0 aromatic heterocycles. The molecule has 0 spiro atoms. The first kappa shape index (κ1) is 33.6. The molecule has 0 aliphatic carbocycles. The zero-order valence-electron chi connectivity index (χ0n) is 26.5. The van der Waals surface area contributed by atoms with E-state index in [1.165, 1.54) is 0 Å². The van der Waals surface area contributed by atoms with Crippen LogP contribution in [-0.4, -0.2) is 65.1 Å². The first-order valence-corrected chi connectivity index (χ1v) is 14.9. The van der Waals surface area contributed by atoms with Crippen LogP contribution in [0.5, 0.6) is 0 Å². The average Bonchev–Trinajstić information content (AvgIpc) is 2.89. The summed E-state index contributed by atoms with van der Waals surface area (Å²) in [6.45, 7) is 14.4. The highest BCUT2D eigenvalue weighted by molar-refractivity contribution is 6.08. The lowest BCUT2D eigenvalue weighted by Crippen LogP contribution is -2.49. The molecule has 2 aromatic carbocycles. The molecule has 1 fully saturated rings. The Labute approximate surface area is 255 Å². The molecule has 10 heteroatoms. The summed E-state index contributed by atoms with van der Waals surface area (Å²) in [6.07, 6.45) is 2.84. The molecular formula is C33H47N5O5. The maximum absolute atomic E-state index is 13.3. The zero-order valence-corrected chi connectivity index (χ0v) is 26.5. The Morgan fingerprint density at radius 2 is 1.58 bits per heavy atom. The molecular weight excluding hydrogens is 546 g/mol. The van der Waals surface area contributed by atoms with E-state index in [-0.39, 0.29) is 23.8 Å². The molecule has 3 rings (SSSR count). The van der Waals surface area contributed by atoms with Crippen LogP contribution >= 0.6 is 0 Å². The lowest BCUT2D eigenvalue weighted by molar-refractivity contribution is -0.155. The number of nitrogens with one attached hydrogen (secondary N) is 4. The number of alkyl carbamates (subject to hydrolysis) is 1. The number of anilines is 2. The van der Waals surface area contributed by atoms with E-state index >= 15 is 0 Å². The molecule has 234 valence electrons. The molecule has 4 N–H and O–H groups in total. The topological polar surface area (TPSA) is 133 Å². The number of esters is 1. The van der Waals surface area contributed by atoms with Gasteiger partial charge in [-0.05, 0) is 97.7 Å². The number of hydrogen-bond donors (Lipinski definition) is 4. The van der Waals surface area contributed by atoms with Crippen molar-refractivity contribution in [3.63, 3.8) is 0 Å². The number of amides is 2. The van der Waals surface area contributed by atoms with Crippen molar-refractivity contribution in [3.8, 4) is 0 Å². The first-order chi connectivity index (χ1) is 20.1. The van der Waals surface area contributed by atoms with Crippen molar-refractivity contribution in [2.75, 3.05) is 23.7 Å². The van der Waals surface area contributed by atoms with Gasteiger partial charge >= 0.3 is 12.1 Å². The first-order valence-electron chi connectivity index (χ1n) is 14.9. The minimum atomic E-state index is -0.701. The lowest BCUT2D eigenvalue weighted by Gasteiger charge is -2.41. The monoisotopic (exact) mass is 593 g/mol. The van der Waals surface area contributed by atoms with Crippen LogP contribution < -0.4 is 16.0 Å².